The van der Waals surface area contributed by atoms with Crippen molar-refractivity contribution in [3.63, 3.8) is 0 Å². The Balaban J connectivity index is 2.04. The number of hydrogen-bond donors (Lipinski definition) is 2. The molecular formula is C15H23N7O3. The summed E-state index contributed by atoms with van der Waals surface area (Å²) >= 11 is 0. The number of urea groups is 1. The minimum atomic E-state index is -0.518. The van der Waals surface area contributed by atoms with Crippen molar-refractivity contribution < 1.29 is 14.3 Å². The van der Waals surface area contributed by atoms with Crippen LogP contribution in [0.3, 0.4) is 0 Å². The van der Waals surface area contributed by atoms with E-state index in [9.17, 15) is 9.59 Å². The van der Waals surface area contributed by atoms with Crippen molar-refractivity contribution in [3.8, 4) is 0 Å². The van der Waals surface area contributed by atoms with E-state index in [1.165, 1.54) is 12.5 Å². The number of carbonyl (C=O) groups is 2. The fourth-order valence-corrected chi connectivity index (χ4v) is 2.28. The highest BCUT2D eigenvalue weighted by Gasteiger charge is 2.21. The maximum absolute atomic E-state index is 12.3. The molecule has 1 atom stereocenters. The number of aryl methyl sites for hydroxylation is 1. The first-order chi connectivity index (χ1) is 12.0. The topological polar surface area (TPSA) is 116 Å². The van der Waals surface area contributed by atoms with E-state index >= 15 is 0 Å². The highest BCUT2D eigenvalue weighted by Crippen LogP contribution is 2.17. The molecule has 0 aromatic carbocycles. The molecule has 0 unspecified atom stereocenters. The van der Waals surface area contributed by atoms with Crippen LogP contribution in [0.4, 0.5) is 10.6 Å². The molecule has 25 heavy (non-hydrogen) atoms. The molecule has 0 spiro atoms. The van der Waals surface area contributed by atoms with Gasteiger partial charge in [0.25, 0.3) is 0 Å². The van der Waals surface area contributed by atoms with Crippen LogP contribution in [0.5, 0.6) is 0 Å². The van der Waals surface area contributed by atoms with Gasteiger partial charge in [0.1, 0.15) is 24.0 Å². The zero-order chi connectivity index (χ0) is 18.2. The molecule has 136 valence electrons. The lowest BCUT2D eigenvalue weighted by atomic mass is 10.3. The Morgan fingerprint density at radius 2 is 2.12 bits per heavy atom. The first-order valence-electron chi connectivity index (χ1n) is 8.18. The summed E-state index contributed by atoms with van der Waals surface area (Å²) in [4.78, 5) is 28.2. The van der Waals surface area contributed by atoms with E-state index in [1.54, 1.807) is 22.6 Å². The van der Waals surface area contributed by atoms with Gasteiger partial charge in [0.05, 0.1) is 19.3 Å². The van der Waals surface area contributed by atoms with Crippen LogP contribution in [0.15, 0.2) is 18.9 Å². The molecule has 0 bridgehead atoms. The molecule has 2 aromatic rings. The molecule has 10 nitrogen and oxygen atoms in total. The second kappa shape index (κ2) is 8.81. The minimum absolute atomic E-state index is 0.185. The van der Waals surface area contributed by atoms with E-state index < -0.39 is 12.0 Å². The quantitative estimate of drug-likeness (QED) is 0.693. The molecule has 2 heterocycles. The molecule has 0 saturated heterocycles. The zero-order valence-corrected chi connectivity index (χ0v) is 14.6. The Morgan fingerprint density at radius 3 is 2.76 bits per heavy atom. The number of aromatic nitrogens is 5. The zero-order valence-electron chi connectivity index (χ0n) is 14.6. The van der Waals surface area contributed by atoms with Crippen LogP contribution in [0.2, 0.25) is 0 Å². The smallest absolute Gasteiger partial charge is 0.343 e. The minimum Gasteiger partial charge on any atom is -0.462 e. The molecular weight excluding hydrogens is 326 g/mol. The molecule has 2 N–H and O–H groups in total. The number of rotatable bonds is 8. The van der Waals surface area contributed by atoms with Gasteiger partial charge in [-0.15, -0.1) is 0 Å². The summed E-state index contributed by atoms with van der Waals surface area (Å²) < 4.78 is 8.21. The largest absolute Gasteiger partial charge is 0.462 e. The predicted molar refractivity (Wildman–Crippen MR) is 90.1 cm³/mol. The lowest BCUT2D eigenvalue weighted by molar-refractivity contribution is 0.0527. The van der Waals surface area contributed by atoms with Crippen LogP contribution in [-0.4, -0.2) is 49.2 Å². The van der Waals surface area contributed by atoms with Crippen molar-refractivity contribution in [3.05, 3.63) is 24.4 Å². The number of nitrogens with one attached hydrogen (secondary N) is 2. The molecule has 2 amide bonds. The molecule has 0 aliphatic carbocycles. The fourth-order valence-electron chi connectivity index (χ4n) is 2.28. The van der Waals surface area contributed by atoms with Gasteiger partial charge in [0.15, 0.2) is 0 Å². The lowest BCUT2D eigenvalue weighted by Crippen LogP contribution is -2.39. The molecule has 0 aliphatic rings. The van der Waals surface area contributed by atoms with Crippen molar-refractivity contribution in [2.45, 2.75) is 46.3 Å². The standard InChI is InChI=1S/C15H23N7O3/c1-4-6-22-13(12(7-17-22)14(23)25-5-2)20-15(24)19-11(3)8-21-10-16-9-18-21/h7,9-11H,4-6,8H2,1-3H3,(H2,19,20,24)/t11-/m0/s1. The second-order valence-corrected chi connectivity index (χ2v) is 5.47. The van der Waals surface area contributed by atoms with Crippen molar-refractivity contribution in [1.82, 2.24) is 29.9 Å². The van der Waals surface area contributed by atoms with Gasteiger partial charge in [-0.05, 0) is 20.3 Å². The molecule has 0 saturated carbocycles. The molecule has 0 fully saturated rings. The second-order valence-electron chi connectivity index (χ2n) is 5.47. The first kappa shape index (κ1) is 18.4. The number of nitrogens with zero attached hydrogens (tertiary/aromatic N) is 5. The van der Waals surface area contributed by atoms with Crippen LogP contribution >= 0.6 is 0 Å². The summed E-state index contributed by atoms with van der Waals surface area (Å²) in [5.41, 5.74) is 0.231. The molecule has 10 heteroatoms. The lowest BCUT2D eigenvalue weighted by Gasteiger charge is -2.15. The first-order valence-corrected chi connectivity index (χ1v) is 8.18. The average molecular weight is 349 g/mol. The highest BCUT2D eigenvalue weighted by atomic mass is 16.5. The van der Waals surface area contributed by atoms with Crippen LogP contribution in [0, 0.1) is 0 Å². The van der Waals surface area contributed by atoms with Crippen molar-refractivity contribution in [2.75, 3.05) is 11.9 Å². The van der Waals surface area contributed by atoms with Gasteiger partial charge in [0, 0.05) is 12.6 Å². The highest BCUT2D eigenvalue weighted by molar-refractivity contribution is 5.99. The number of anilines is 1. The van der Waals surface area contributed by atoms with E-state index in [4.69, 9.17) is 4.74 Å². The summed E-state index contributed by atoms with van der Waals surface area (Å²) in [6.07, 6.45) is 5.22. The Bertz CT molecular complexity index is 696. The summed E-state index contributed by atoms with van der Waals surface area (Å²) in [7, 11) is 0. The fraction of sp³-hybridized carbons (Fsp3) is 0.533. The third-order valence-electron chi connectivity index (χ3n) is 3.31. The Morgan fingerprint density at radius 1 is 1.32 bits per heavy atom. The maximum atomic E-state index is 12.3. The Hall–Kier alpha value is -2.91. The summed E-state index contributed by atoms with van der Waals surface area (Å²) in [6, 6.07) is -0.619. The normalized spacial score (nSPS) is 11.8. The van der Waals surface area contributed by atoms with E-state index in [1.807, 2.05) is 13.8 Å². The van der Waals surface area contributed by atoms with Gasteiger partial charge in [-0.2, -0.15) is 10.2 Å². The van der Waals surface area contributed by atoms with E-state index in [0.717, 1.165) is 6.42 Å². The summed E-state index contributed by atoms with van der Waals surface area (Å²) in [5, 5.41) is 13.6. The van der Waals surface area contributed by atoms with E-state index in [2.05, 4.69) is 25.8 Å². The van der Waals surface area contributed by atoms with E-state index in [0.29, 0.717) is 18.9 Å². The van der Waals surface area contributed by atoms with Crippen molar-refractivity contribution in [2.24, 2.45) is 0 Å². The molecule has 2 aromatic heterocycles. The van der Waals surface area contributed by atoms with Crippen molar-refractivity contribution >= 4 is 17.8 Å². The summed E-state index contributed by atoms with van der Waals surface area (Å²) in [6.45, 7) is 6.85. The molecule has 2 rings (SSSR count). The van der Waals surface area contributed by atoms with Crippen molar-refractivity contribution in [1.29, 1.82) is 0 Å². The van der Waals surface area contributed by atoms with Crippen LogP contribution < -0.4 is 10.6 Å². The van der Waals surface area contributed by atoms with Gasteiger partial charge >= 0.3 is 12.0 Å². The number of carbonyl (C=O) groups excluding carboxylic acids is 2. The Labute approximate surface area is 145 Å². The third kappa shape index (κ3) is 5.03. The Kier molecular flexibility index (Phi) is 6.49. The SMILES string of the molecule is CCCn1ncc(C(=O)OCC)c1NC(=O)N[C@@H](C)Cn1cncn1. The van der Waals surface area contributed by atoms with Gasteiger partial charge in [-0.25, -0.2) is 19.3 Å². The third-order valence-corrected chi connectivity index (χ3v) is 3.31. The monoisotopic (exact) mass is 349 g/mol. The van der Waals surface area contributed by atoms with Gasteiger partial charge < -0.3 is 10.1 Å². The van der Waals surface area contributed by atoms with Gasteiger partial charge in [-0.3, -0.25) is 10.00 Å². The summed E-state index contributed by atoms with van der Waals surface area (Å²) in [5.74, 6) is -0.193. The maximum Gasteiger partial charge on any atom is 0.343 e. The molecule has 0 radical (unpaired) electrons. The number of esters is 1. The van der Waals surface area contributed by atoms with Crippen LogP contribution in [-0.2, 0) is 17.8 Å². The van der Waals surface area contributed by atoms with Crippen LogP contribution in [0.1, 0.15) is 37.6 Å². The van der Waals surface area contributed by atoms with Crippen LogP contribution in [0.25, 0.3) is 0 Å². The predicted octanol–water partition coefficient (Wildman–Crippen LogP) is 1.27. The molecule has 0 aliphatic heterocycles. The number of amides is 2. The number of hydrogen-bond acceptors (Lipinski definition) is 6. The van der Waals surface area contributed by atoms with E-state index in [-0.39, 0.29) is 18.2 Å². The average Bonchev–Trinajstić information content (AvgIpc) is 3.18. The number of ether oxygens (including phenoxy) is 1. The van der Waals surface area contributed by atoms with Gasteiger partial charge in [0.2, 0.25) is 0 Å². The van der Waals surface area contributed by atoms with Gasteiger partial charge in [-0.1, -0.05) is 6.92 Å².